The van der Waals surface area contributed by atoms with Gasteiger partial charge in [-0.3, -0.25) is 14.4 Å². The van der Waals surface area contributed by atoms with Crippen LogP contribution in [0.25, 0.3) is 0 Å². The van der Waals surface area contributed by atoms with Gasteiger partial charge in [0.25, 0.3) is 0 Å². The maximum Gasteiger partial charge on any atom is 0.223 e. The minimum Gasteiger partial charge on any atom is -0.355 e. The van der Waals surface area contributed by atoms with Crippen molar-refractivity contribution in [1.29, 1.82) is 0 Å². The molecule has 17 heavy (non-hydrogen) atoms. The van der Waals surface area contributed by atoms with Crippen molar-refractivity contribution in [3.05, 3.63) is 0 Å². The molecule has 5 nitrogen and oxygen atoms in total. The summed E-state index contributed by atoms with van der Waals surface area (Å²) in [4.78, 5) is 34.9. The van der Waals surface area contributed by atoms with E-state index in [1.54, 1.807) is 4.90 Å². The molecule has 2 amide bonds. The van der Waals surface area contributed by atoms with Crippen LogP contribution in [0.1, 0.15) is 20.3 Å². The van der Waals surface area contributed by atoms with Gasteiger partial charge in [-0.25, -0.2) is 0 Å². The van der Waals surface area contributed by atoms with Gasteiger partial charge < -0.3 is 10.2 Å². The van der Waals surface area contributed by atoms with Crippen molar-refractivity contribution < 1.29 is 14.4 Å². The number of rotatable bonds is 5. The van der Waals surface area contributed by atoms with E-state index in [1.165, 1.54) is 25.6 Å². The lowest BCUT2D eigenvalue weighted by Crippen LogP contribution is -2.35. The maximum atomic E-state index is 11.6. The fraction of sp³-hybridized carbons (Fsp3) is 0.727. The Morgan fingerprint density at radius 3 is 2.76 bits per heavy atom. The van der Waals surface area contributed by atoms with E-state index in [-0.39, 0.29) is 22.8 Å². The SMILES string of the molecule is CC(=O)NCCN1CC(CSC(C)=O)CC1=O. The number of amides is 2. The van der Waals surface area contributed by atoms with Crippen LogP contribution in [0, 0.1) is 5.92 Å². The van der Waals surface area contributed by atoms with Crippen LogP contribution in [0.2, 0.25) is 0 Å². The van der Waals surface area contributed by atoms with Crippen LogP contribution < -0.4 is 5.32 Å². The van der Waals surface area contributed by atoms with E-state index < -0.39 is 0 Å². The molecule has 0 radical (unpaired) electrons. The molecule has 0 spiro atoms. The first kappa shape index (κ1) is 14.0. The fourth-order valence-electron chi connectivity index (χ4n) is 1.78. The first-order valence-electron chi connectivity index (χ1n) is 5.64. The summed E-state index contributed by atoms with van der Waals surface area (Å²) in [5, 5.41) is 2.76. The van der Waals surface area contributed by atoms with Crippen LogP contribution >= 0.6 is 11.8 Å². The quantitative estimate of drug-likeness (QED) is 0.767. The lowest BCUT2D eigenvalue weighted by atomic mass is 10.1. The third-order valence-electron chi connectivity index (χ3n) is 2.57. The Labute approximate surface area is 105 Å². The molecular formula is C11H18N2O3S. The molecule has 0 aromatic heterocycles. The van der Waals surface area contributed by atoms with Crippen LogP contribution in [-0.2, 0) is 14.4 Å². The Morgan fingerprint density at radius 2 is 2.18 bits per heavy atom. The van der Waals surface area contributed by atoms with Crippen molar-refractivity contribution in [3.63, 3.8) is 0 Å². The summed E-state index contributed by atoms with van der Waals surface area (Å²) in [5.74, 6) is 0.996. The smallest absolute Gasteiger partial charge is 0.223 e. The molecule has 0 aromatic rings. The highest BCUT2D eigenvalue weighted by atomic mass is 32.2. The summed E-state index contributed by atoms with van der Waals surface area (Å²) in [6, 6.07) is 0. The highest BCUT2D eigenvalue weighted by Crippen LogP contribution is 2.21. The topological polar surface area (TPSA) is 66.5 Å². The second-order valence-electron chi connectivity index (χ2n) is 4.20. The molecule has 6 heteroatoms. The molecule has 96 valence electrons. The van der Waals surface area contributed by atoms with Crippen LogP contribution in [0.3, 0.4) is 0 Å². The highest BCUT2D eigenvalue weighted by molar-refractivity contribution is 8.13. The number of carbonyl (C=O) groups excluding carboxylic acids is 3. The van der Waals surface area contributed by atoms with Gasteiger partial charge in [-0.1, -0.05) is 11.8 Å². The molecule has 0 aromatic carbocycles. The average molecular weight is 258 g/mol. The second kappa shape index (κ2) is 6.64. The summed E-state index contributed by atoms with van der Waals surface area (Å²) < 4.78 is 0. The molecule has 0 saturated carbocycles. The van der Waals surface area contributed by atoms with Gasteiger partial charge in [0, 0.05) is 45.7 Å². The van der Waals surface area contributed by atoms with Crippen LogP contribution in [-0.4, -0.2) is 47.2 Å². The van der Waals surface area contributed by atoms with Crippen molar-refractivity contribution in [2.24, 2.45) is 5.92 Å². The standard InChI is InChI=1S/C11H18N2O3S/c1-8(14)12-3-4-13-6-10(5-11(13)16)7-17-9(2)15/h10H,3-7H2,1-2H3,(H,12,14). The number of thioether (sulfide) groups is 1. The van der Waals surface area contributed by atoms with Crippen molar-refractivity contribution in [1.82, 2.24) is 10.2 Å². The largest absolute Gasteiger partial charge is 0.355 e. The predicted octanol–water partition coefficient (Wildman–Crippen LogP) is 0.251. The van der Waals surface area contributed by atoms with Gasteiger partial charge in [0.1, 0.15) is 0 Å². The molecule has 1 heterocycles. The van der Waals surface area contributed by atoms with Gasteiger partial charge in [0.2, 0.25) is 11.8 Å². The van der Waals surface area contributed by atoms with Crippen LogP contribution in [0.4, 0.5) is 0 Å². The highest BCUT2D eigenvalue weighted by Gasteiger charge is 2.29. The molecule has 1 aliphatic heterocycles. The third kappa shape index (κ3) is 5.21. The zero-order valence-corrected chi connectivity index (χ0v) is 11.0. The molecule has 0 aliphatic carbocycles. The number of nitrogens with zero attached hydrogens (tertiary/aromatic N) is 1. The minimum atomic E-state index is -0.0830. The molecule has 1 aliphatic rings. The Hall–Kier alpha value is -1.04. The molecule has 1 atom stereocenters. The molecule has 0 bridgehead atoms. The molecule has 1 N–H and O–H groups in total. The molecular weight excluding hydrogens is 240 g/mol. The summed E-state index contributed by atoms with van der Waals surface area (Å²) >= 11 is 1.27. The Kier molecular flexibility index (Phi) is 5.47. The summed E-state index contributed by atoms with van der Waals surface area (Å²) in [5.41, 5.74) is 0. The van der Waals surface area contributed by atoms with Gasteiger partial charge in [0.15, 0.2) is 5.12 Å². The van der Waals surface area contributed by atoms with Crippen molar-refractivity contribution >= 4 is 28.7 Å². The zero-order valence-electron chi connectivity index (χ0n) is 10.2. The van der Waals surface area contributed by atoms with E-state index in [0.29, 0.717) is 31.8 Å². The van der Waals surface area contributed by atoms with E-state index in [2.05, 4.69) is 5.32 Å². The Balaban J connectivity index is 2.26. The van der Waals surface area contributed by atoms with Gasteiger partial charge >= 0.3 is 0 Å². The third-order valence-corrected chi connectivity index (χ3v) is 3.62. The minimum absolute atomic E-state index is 0.0830. The van der Waals surface area contributed by atoms with E-state index in [0.717, 1.165) is 0 Å². The Bertz CT molecular complexity index is 320. The fourth-order valence-corrected chi connectivity index (χ4v) is 2.48. The van der Waals surface area contributed by atoms with Crippen molar-refractivity contribution in [3.8, 4) is 0 Å². The second-order valence-corrected chi connectivity index (χ2v) is 5.39. The number of likely N-dealkylation sites (tertiary alicyclic amines) is 1. The first-order chi connectivity index (χ1) is 7.99. The number of nitrogens with one attached hydrogen (secondary N) is 1. The van der Waals surface area contributed by atoms with E-state index >= 15 is 0 Å². The number of hydrogen-bond acceptors (Lipinski definition) is 4. The monoisotopic (exact) mass is 258 g/mol. The van der Waals surface area contributed by atoms with E-state index in [9.17, 15) is 14.4 Å². The van der Waals surface area contributed by atoms with E-state index in [1.807, 2.05) is 0 Å². The van der Waals surface area contributed by atoms with Gasteiger partial charge in [-0.05, 0) is 5.92 Å². The van der Waals surface area contributed by atoms with E-state index in [4.69, 9.17) is 0 Å². The number of carbonyl (C=O) groups is 3. The normalized spacial score (nSPS) is 19.5. The molecule has 1 rings (SSSR count). The van der Waals surface area contributed by atoms with Crippen molar-refractivity contribution in [2.75, 3.05) is 25.4 Å². The first-order valence-corrected chi connectivity index (χ1v) is 6.63. The summed E-state index contributed by atoms with van der Waals surface area (Å²) in [6.07, 6.45) is 0.514. The summed E-state index contributed by atoms with van der Waals surface area (Å²) in [7, 11) is 0. The Morgan fingerprint density at radius 1 is 1.47 bits per heavy atom. The zero-order chi connectivity index (χ0) is 12.8. The molecule has 1 fully saturated rings. The van der Waals surface area contributed by atoms with Gasteiger partial charge in [-0.15, -0.1) is 0 Å². The van der Waals surface area contributed by atoms with Gasteiger partial charge in [-0.2, -0.15) is 0 Å². The average Bonchev–Trinajstić information content (AvgIpc) is 2.56. The maximum absolute atomic E-state index is 11.6. The molecule has 1 saturated heterocycles. The van der Waals surface area contributed by atoms with Crippen molar-refractivity contribution in [2.45, 2.75) is 20.3 Å². The lowest BCUT2D eigenvalue weighted by molar-refractivity contribution is -0.128. The number of hydrogen-bond donors (Lipinski definition) is 1. The lowest BCUT2D eigenvalue weighted by Gasteiger charge is -2.16. The van der Waals surface area contributed by atoms with Gasteiger partial charge in [0.05, 0.1) is 0 Å². The molecule has 1 unspecified atom stereocenters. The predicted molar refractivity (Wildman–Crippen MR) is 66.5 cm³/mol. The summed E-state index contributed by atoms with van der Waals surface area (Å²) in [6.45, 7) is 4.74. The van der Waals surface area contributed by atoms with Crippen LogP contribution in [0.5, 0.6) is 0 Å². The van der Waals surface area contributed by atoms with Crippen LogP contribution in [0.15, 0.2) is 0 Å².